The van der Waals surface area contributed by atoms with E-state index in [0.717, 1.165) is 27.8 Å². The van der Waals surface area contributed by atoms with E-state index in [2.05, 4.69) is 0 Å². The first-order valence-electron chi connectivity index (χ1n) is 18.9. The SMILES string of the molecule is CC(=O)c1c(OCc2ccccc2)cc(OCc2ccccc2)c([C@@H]2OC[C@@H](OCc3ccccc3)[C@H](OCc3ccccc3)[C@H]2OCc2ccccc2)c1O. The van der Waals surface area contributed by atoms with Gasteiger partial charge in [0.25, 0.3) is 0 Å². The van der Waals surface area contributed by atoms with Gasteiger partial charge in [-0.25, -0.2) is 0 Å². The Hall–Kier alpha value is -5.77. The molecule has 0 amide bonds. The third-order valence-electron chi connectivity index (χ3n) is 9.68. The third-order valence-corrected chi connectivity index (χ3v) is 9.68. The van der Waals surface area contributed by atoms with Crippen molar-refractivity contribution in [1.82, 2.24) is 0 Å². The Kier molecular flexibility index (Phi) is 13.2. The van der Waals surface area contributed by atoms with Crippen LogP contribution < -0.4 is 9.47 Å². The van der Waals surface area contributed by atoms with E-state index in [1.165, 1.54) is 6.92 Å². The highest BCUT2D eigenvalue weighted by atomic mass is 16.6. The quantitative estimate of drug-likeness (QED) is 0.0922. The fraction of sp³-hybridized carbons (Fsp3) is 0.229. The van der Waals surface area contributed by atoms with Crippen LogP contribution in [0.25, 0.3) is 0 Å². The second-order valence-electron chi connectivity index (χ2n) is 13.7. The molecular formula is C48H46O8. The minimum Gasteiger partial charge on any atom is -0.507 e. The summed E-state index contributed by atoms with van der Waals surface area (Å²) in [7, 11) is 0. The molecule has 1 aliphatic heterocycles. The molecule has 0 aliphatic carbocycles. The second kappa shape index (κ2) is 19.2. The standard InChI is InChI=1S/C48H46O8/c1-34(49)43-40(51-28-35-17-7-2-8-18-35)27-41(52-29-36-19-9-3-10-20-36)44(45(43)50)47-48(55-32-39-25-15-6-16-26-39)46(54-31-38-23-13-5-14-24-38)42(33-56-47)53-30-37-21-11-4-12-22-37/h2-27,42,46-48,50H,28-33H2,1H3/t42-,46+,47+,48-/m1/s1. The van der Waals surface area contributed by atoms with Crippen LogP contribution in [0.5, 0.6) is 17.2 Å². The minimum atomic E-state index is -0.942. The van der Waals surface area contributed by atoms with Crippen molar-refractivity contribution in [1.29, 1.82) is 0 Å². The monoisotopic (exact) mass is 750 g/mol. The van der Waals surface area contributed by atoms with Crippen LogP contribution in [0.3, 0.4) is 0 Å². The lowest BCUT2D eigenvalue weighted by Crippen LogP contribution is -2.52. The van der Waals surface area contributed by atoms with Crippen molar-refractivity contribution in [2.24, 2.45) is 0 Å². The summed E-state index contributed by atoms with van der Waals surface area (Å²) in [4.78, 5) is 13.4. The average Bonchev–Trinajstić information content (AvgIpc) is 3.24. The molecule has 0 radical (unpaired) electrons. The maximum Gasteiger partial charge on any atom is 0.167 e. The van der Waals surface area contributed by atoms with Crippen molar-refractivity contribution >= 4 is 5.78 Å². The van der Waals surface area contributed by atoms with Gasteiger partial charge in [0.1, 0.15) is 60.4 Å². The molecule has 0 spiro atoms. The Bertz CT molecular complexity index is 2110. The number of aromatic hydroxyl groups is 1. The van der Waals surface area contributed by atoms with Gasteiger partial charge in [0.2, 0.25) is 0 Å². The number of phenols is 1. The van der Waals surface area contributed by atoms with E-state index < -0.39 is 24.4 Å². The molecule has 6 aromatic rings. The molecular weight excluding hydrogens is 705 g/mol. The Morgan fingerprint density at radius 2 is 0.946 bits per heavy atom. The number of ether oxygens (including phenoxy) is 6. The number of Topliss-reactive ketones (excluding diaryl/α,β-unsaturated/α-hetero) is 1. The highest BCUT2D eigenvalue weighted by Gasteiger charge is 2.46. The number of rotatable bonds is 17. The van der Waals surface area contributed by atoms with E-state index >= 15 is 0 Å². The number of phenolic OH excluding ortho intramolecular Hbond substituents is 1. The molecule has 0 bridgehead atoms. The number of carbonyl (C=O) groups excluding carboxylic acids is 1. The first-order valence-corrected chi connectivity index (χ1v) is 18.9. The van der Waals surface area contributed by atoms with Crippen LogP contribution in [-0.2, 0) is 52.0 Å². The Labute approximate surface area is 328 Å². The lowest BCUT2D eigenvalue weighted by atomic mass is 9.90. The van der Waals surface area contributed by atoms with E-state index in [-0.39, 0.29) is 61.4 Å². The molecule has 0 saturated carbocycles. The Morgan fingerprint density at radius 1 is 0.554 bits per heavy atom. The second-order valence-corrected chi connectivity index (χ2v) is 13.7. The summed E-state index contributed by atoms with van der Waals surface area (Å²) in [5.74, 6) is -0.179. The predicted molar refractivity (Wildman–Crippen MR) is 213 cm³/mol. The topological polar surface area (TPSA) is 92.7 Å². The van der Waals surface area contributed by atoms with Gasteiger partial charge in [-0.15, -0.1) is 0 Å². The molecule has 1 saturated heterocycles. The van der Waals surface area contributed by atoms with Crippen molar-refractivity contribution in [3.8, 4) is 17.2 Å². The first-order chi connectivity index (χ1) is 27.5. The summed E-state index contributed by atoms with van der Waals surface area (Å²) in [6.45, 7) is 2.71. The first kappa shape index (κ1) is 38.5. The van der Waals surface area contributed by atoms with Crippen LogP contribution in [0, 0.1) is 0 Å². The van der Waals surface area contributed by atoms with Gasteiger partial charge in [-0.2, -0.15) is 0 Å². The molecule has 286 valence electrons. The minimum absolute atomic E-state index is 0.0256. The van der Waals surface area contributed by atoms with Crippen LogP contribution >= 0.6 is 0 Å². The normalized spacial score (nSPS) is 17.9. The van der Waals surface area contributed by atoms with Crippen LogP contribution in [0.2, 0.25) is 0 Å². The maximum atomic E-state index is 13.4. The van der Waals surface area contributed by atoms with Crippen LogP contribution in [-0.4, -0.2) is 35.8 Å². The molecule has 6 aromatic carbocycles. The summed E-state index contributed by atoms with van der Waals surface area (Å²) in [6.07, 6.45) is -2.98. The summed E-state index contributed by atoms with van der Waals surface area (Å²) in [5.41, 5.74) is 5.04. The van der Waals surface area contributed by atoms with Crippen LogP contribution in [0.4, 0.5) is 0 Å². The summed E-state index contributed by atoms with van der Waals surface area (Å²) >= 11 is 0. The van der Waals surface area contributed by atoms with Gasteiger partial charge in [-0.1, -0.05) is 152 Å². The van der Waals surface area contributed by atoms with Gasteiger partial charge in [0.15, 0.2) is 5.78 Å². The van der Waals surface area contributed by atoms with Crippen molar-refractivity contribution in [2.45, 2.75) is 64.4 Å². The van der Waals surface area contributed by atoms with E-state index in [1.54, 1.807) is 6.07 Å². The summed E-state index contributed by atoms with van der Waals surface area (Å²) < 4.78 is 39.6. The van der Waals surface area contributed by atoms with Crippen LogP contribution in [0.15, 0.2) is 158 Å². The highest BCUT2D eigenvalue weighted by molar-refractivity contribution is 6.00. The molecule has 1 heterocycles. The number of hydrogen-bond donors (Lipinski definition) is 1. The van der Waals surface area contributed by atoms with Gasteiger partial charge in [-0.3, -0.25) is 4.79 Å². The summed E-state index contributed by atoms with van der Waals surface area (Å²) in [6, 6.07) is 50.7. The third kappa shape index (κ3) is 9.90. The van der Waals surface area contributed by atoms with Crippen molar-refractivity contribution in [3.63, 3.8) is 0 Å². The maximum absolute atomic E-state index is 13.4. The lowest BCUT2D eigenvalue weighted by molar-refractivity contribution is -0.241. The molecule has 8 heteroatoms. The highest BCUT2D eigenvalue weighted by Crippen LogP contribution is 2.48. The predicted octanol–water partition coefficient (Wildman–Crippen LogP) is 9.58. The zero-order valence-corrected chi connectivity index (χ0v) is 31.4. The summed E-state index contributed by atoms with van der Waals surface area (Å²) in [5, 5.41) is 12.3. The van der Waals surface area contributed by atoms with Crippen molar-refractivity contribution < 1.29 is 38.3 Å². The molecule has 1 fully saturated rings. The number of ketones is 1. The van der Waals surface area contributed by atoms with Gasteiger partial charge < -0.3 is 33.5 Å². The van der Waals surface area contributed by atoms with E-state index in [4.69, 9.17) is 28.4 Å². The lowest BCUT2D eigenvalue weighted by Gasteiger charge is -2.43. The number of benzene rings is 6. The Balaban J connectivity index is 1.30. The van der Waals surface area contributed by atoms with E-state index in [9.17, 15) is 9.90 Å². The van der Waals surface area contributed by atoms with Crippen LogP contribution in [0.1, 0.15) is 56.8 Å². The van der Waals surface area contributed by atoms with Gasteiger partial charge in [0, 0.05) is 6.07 Å². The van der Waals surface area contributed by atoms with Gasteiger partial charge in [-0.05, 0) is 34.7 Å². The van der Waals surface area contributed by atoms with Gasteiger partial charge in [0.05, 0.1) is 32.0 Å². The average molecular weight is 751 g/mol. The van der Waals surface area contributed by atoms with E-state index in [1.807, 2.05) is 152 Å². The molecule has 4 atom stereocenters. The number of carbonyl (C=O) groups is 1. The molecule has 1 N–H and O–H groups in total. The molecule has 0 unspecified atom stereocenters. The van der Waals surface area contributed by atoms with Crippen molar-refractivity contribution in [2.75, 3.05) is 6.61 Å². The van der Waals surface area contributed by atoms with Gasteiger partial charge >= 0.3 is 0 Å². The smallest absolute Gasteiger partial charge is 0.167 e. The fourth-order valence-electron chi connectivity index (χ4n) is 6.81. The molecule has 8 nitrogen and oxygen atoms in total. The molecule has 7 rings (SSSR count). The molecule has 56 heavy (non-hydrogen) atoms. The number of hydrogen-bond acceptors (Lipinski definition) is 8. The fourth-order valence-corrected chi connectivity index (χ4v) is 6.81. The largest absolute Gasteiger partial charge is 0.507 e. The Morgan fingerprint density at radius 3 is 1.39 bits per heavy atom. The zero-order valence-electron chi connectivity index (χ0n) is 31.4. The van der Waals surface area contributed by atoms with Crippen molar-refractivity contribution in [3.05, 3.63) is 197 Å². The molecule has 1 aliphatic rings. The van der Waals surface area contributed by atoms with E-state index in [0.29, 0.717) is 12.4 Å². The molecule has 0 aromatic heterocycles. The zero-order chi connectivity index (χ0) is 38.5.